The molecule has 0 saturated heterocycles. The number of aryl methyl sites for hydroxylation is 3. The van der Waals surface area contributed by atoms with Crippen LogP contribution in [0.2, 0.25) is 0 Å². The normalized spacial score (nSPS) is 11.1. The van der Waals surface area contributed by atoms with Gasteiger partial charge in [0.1, 0.15) is 0 Å². The van der Waals surface area contributed by atoms with E-state index in [-0.39, 0.29) is 51.0 Å². The van der Waals surface area contributed by atoms with E-state index in [2.05, 4.69) is 94.3 Å². The molecule has 0 N–H and O–H groups in total. The standard InChI is InChI=1S/C22H18B.C5H5.2ClH.Zr/c1-14-11-15(2)20(16(3)12-14)21-19-9-5-4-7-17(19)13-18-8-6-10-23-22(18)21;1-2-4-5-3-1;;;/h4-9,11-13H,1-3H3;1-3H,4H2;2*1H;/q2*-1;;;+4/p-2. The molecule has 5 rings (SSSR count). The Morgan fingerprint density at radius 2 is 1.55 bits per heavy atom. The van der Waals surface area contributed by atoms with Crippen molar-refractivity contribution in [3.8, 4) is 11.1 Å². The fraction of sp³-hybridized carbons (Fsp3) is 0.148. The van der Waals surface area contributed by atoms with Crippen LogP contribution >= 0.6 is 0 Å². The van der Waals surface area contributed by atoms with Crippen LogP contribution in [0, 0.1) is 32.8 Å². The van der Waals surface area contributed by atoms with E-state index in [0.29, 0.717) is 0 Å². The topological polar surface area (TPSA) is 0 Å². The average molecular weight is 520 g/mol. The van der Waals surface area contributed by atoms with E-state index in [1.165, 1.54) is 49.3 Å². The third kappa shape index (κ3) is 6.07. The van der Waals surface area contributed by atoms with Gasteiger partial charge in [0, 0.05) is 0 Å². The molecule has 1 aromatic heterocycles. The summed E-state index contributed by atoms with van der Waals surface area (Å²) in [6.45, 7) is 8.72. The summed E-state index contributed by atoms with van der Waals surface area (Å²) >= 11 is 0. The van der Waals surface area contributed by atoms with Crippen LogP contribution in [0.15, 0.2) is 72.8 Å². The smallest absolute Gasteiger partial charge is 1.00 e. The van der Waals surface area contributed by atoms with Gasteiger partial charge < -0.3 is 24.8 Å². The van der Waals surface area contributed by atoms with Gasteiger partial charge in [-0.25, -0.2) is 12.2 Å². The third-order valence-electron chi connectivity index (χ3n) is 5.22. The molecule has 0 spiro atoms. The summed E-state index contributed by atoms with van der Waals surface area (Å²) in [4.78, 5) is 0. The molecule has 4 heteroatoms. The van der Waals surface area contributed by atoms with E-state index in [1.807, 2.05) is 18.2 Å². The van der Waals surface area contributed by atoms with E-state index in [4.69, 9.17) is 0 Å². The summed E-state index contributed by atoms with van der Waals surface area (Å²) in [7, 11) is 0. The minimum absolute atomic E-state index is 0. The maximum absolute atomic E-state index is 3.26. The van der Waals surface area contributed by atoms with Crippen molar-refractivity contribution in [2.24, 2.45) is 0 Å². The molecule has 0 aliphatic heterocycles. The first-order chi connectivity index (χ1) is 13.6. The van der Waals surface area contributed by atoms with Crippen LogP contribution in [-0.2, 0) is 26.2 Å². The Labute approximate surface area is 218 Å². The monoisotopic (exact) mass is 518 g/mol. The van der Waals surface area contributed by atoms with Gasteiger partial charge in [-0.3, -0.25) is 6.08 Å². The number of benzene rings is 3. The van der Waals surface area contributed by atoms with Gasteiger partial charge in [-0.15, -0.1) is 6.42 Å². The number of fused-ring (bicyclic) bond motifs is 2. The minimum atomic E-state index is 0. The quantitative estimate of drug-likeness (QED) is 0.260. The van der Waals surface area contributed by atoms with Crippen LogP contribution in [0.3, 0.4) is 0 Å². The summed E-state index contributed by atoms with van der Waals surface area (Å²) < 4.78 is 0. The minimum Gasteiger partial charge on any atom is -1.00 e. The summed E-state index contributed by atoms with van der Waals surface area (Å²) in [5.74, 6) is 3.26. The average Bonchev–Trinajstić information content (AvgIpc) is 3.27. The molecule has 0 atom stereocenters. The molecule has 1 aliphatic carbocycles. The Morgan fingerprint density at radius 3 is 2.16 bits per heavy atom. The number of halogens is 2. The van der Waals surface area contributed by atoms with Crippen molar-refractivity contribution in [3.63, 3.8) is 0 Å². The molecule has 0 amide bonds. The molecule has 4 aromatic rings. The Kier molecular flexibility index (Phi) is 11.2. The predicted octanol–water partition coefficient (Wildman–Crippen LogP) is 1.03. The molecule has 0 radical (unpaired) electrons. The van der Waals surface area contributed by atoms with Crippen LogP contribution in [0.5, 0.6) is 0 Å². The Balaban J connectivity index is 0.000000534. The zero-order valence-corrected chi connectivity index (χ0v) is 21.9. The molecule has 0 bridgehead atoms. The summed E-state index contributed by atoms with van der Waals surface area (Å²) in [5, 5.41) is 5.16. The van der Waals surface area contributed by atoms with Crippen molar-refractivity contribution in [1.82, 2.24) is 0 Å². The SMILES string of the molecule is Cc1cc(C)c(-c2c3b[c-]ccc3cc3ccccc23)c(C)c1.[C-]1=CC=CC1.[Cl-].[Cl-].[Zr+4]. The first-order valence-corrected chi connectivity index (χ1v) is 9.76. The van der Waals surface area contributed by atoms with Gasteiger partial charge in [0.2, 0.25) is 0 Å². The molecule has 0 saturated carbocycles. The molecule has 0 nitrogen and oxygen atoms in total. The zero-order valence-electron chi connectivity index (χ0n) is 18.0. The molecule has 3 aromatic carbocycles. The van der Waals surface area contributed by atoms with E-state index < -0.39 is 0 Å². The van der Waals surface area contributed by atoms with Crippen molar-refractivity contribution in [1.29, 1.82) is 0 Å². The molecule has 152 valence electrons. The molecule has 0 unspecified atom stereocenters. The molecule has 1 heterocycles. The van der Waals surface area contributed by atoms with Crippen LogP contribution < -0.4 is 24.8 Å². The van der Waals surface area contributed by atoms with Crippen LogP contribution in [0.4, 0.5) is 0 Å². The summed E-state index contributed by atoms with van der Waals surface area (Å²) in [6.07, 6.45) is 10.0. The molecule has 1 aliphatic rings. The van der Waals surface area contributed by atoms with Crippen molar-refractivity contribution in [2.75, 3.05) is 0 Å². The zero-order chi connectivity index (χ0) is 19.5. The fourth-order valence-electron chi connectivity index (χ4n) is 4.13. The fourth-order valence-corrected chi connectivity index (χ4v) is 4.13. The van der Waals surface area contributed by atoms with Crippen molar-refractivity contribution in [2.45, 2.75) is 27.2 Å². The third-order valence-corrected chi connectivity index (χ3v) is 5.22. The van der Waals surface area contributed by atoms with Gasteiger partial charge in [-0.2, -0.15) is 6.08 Å². The predicted molar refractivity (Wildman–Crippen MR) is 123 cm³/mol. The maximum Gasteiger partial charge on any atom is 4.00 e. The van der Waals surface area contributed by atoms with E-state index in [0.717, 1.165) is 6.42 Å². The van der Waals surface area contributed by atoms with E-state index in [1.54, 1.807) is 0 Å². The summed E-state index contributed by atoms with van der Waals surface area (Å²) in [5.41, 5.74) is 6.69. The van der Waals surface area contributed by atoms with Crippen LogP contribution in [0.25, 0.3) is 32.6 Å². The summed E-state index contributed by atoms with van der Waals surface area (Å²) in [6, 6.07) is 19.7. The molecule has 0 fully saturated rings. The van der Waals surface area contributed by atoms with Gasteiger partial charge in [-0.1, -0.05) is 0 Å². The van der Waals surface area contributed by atoms with Crippen molar-refractivity contribution in [3.05, 3.63) is 102 Å². The van der Waals surface area contributed by atoms with E-state index >= 15 is 0 Å². The number of allylic oxidation sites excluding steroid dienone is 4. The Hall–Kier alpha value is -1.46. The number of hydrogen-bond acceptors (Lipinski definition) is 0. The maximum atomic E-state index is 3.26. The Bertz CT molecular complexity index is 1140. The van der Waals surface area contributed by atoms with Gasteiger partial charge in [0.25, 0.3) is 0 Å². The van der Waals surface area contributed by atoms with E-state index in [9.17, 15) is 0 Å². The second-order valence-corrected chi connectivity index (χ2v) is 7.40. The first kappa shape index (κ1) is 27.6. The van der Waals surface area contributed by atoms with Crippen LogP contribution in [-0.4, -0.2) is 6.91 Å². The van der Waals surface area contributed by atoms with Gasteiger partial charge in [0.05, 0.1) is 0 Å². The van der Waals surface area contributed by atoms with Crippen molar-refractivity contribution < 1.29 is 51.0 Å². The van der Waals surface area contributed by atoms with Gasteiger partial charge in [-0.05, 0) is 0 Å². The van der Waals surface area contributed by atoms with Gasteiger partial charge in [0.15, 0.2) is 0 Å². The molecular weight excluding hydrogens is 497 g/mol. The second kappa shape index (κ2) is 12.5. The first-order valence-electron chi connectivity index (χ1n) is 9.76. The number of rotatable bonds is 1. The van der Waals surface area contributed by atoms with Crippen LogP contribution in [0.1, 0.15) is 23.1 Å². The number of hydrogen-bond donors (Lipinski definition) is 0. The molecular formula is C27H23BCl2Zr. The van der Waals surface area contributed by atoms with Crippen molar-refractivity contribution >= 4 is 28.4 Å². The largest absolute Gasteiger partial charge is 4.00 e. The Morgan fingerprint density at radius 1 is 0.839 bits per heavy atom. The van der Waals surface area contributed by atoms with Gasteiger partial charge >= 0.3 is 164 Å². The second-order valence-electron chi connectivity index (χ2n) is 7.40. The molecule has 31 heavy (non-hydrogen) atoms.